The maximum Gasteiger partial charge on any atom is 0.211 e. The van der Waals surface area contributed by atoms with Gasteiger partial charge in [0, 0.05) is 0 Å². The Hall–Kier alpha value is -1.32. The molecule has 0 fully saturated rings. The SMILES string of the molecule is CCOC1=N[C@H](C(C)C)C(OCC)=N[C@H]1[C@@H](N[S@@](=O)C(C)(C)C)c1cccc(Br)n1. The maximum atomic E-state index is 13.0. The fourth-order valence-corrected chi connectivity index (χ4v) is 4.10. The Morgan fingerprint density at radius 2 is 1.67 bits per heavy atom. The number of ether oxygens (including phenoxy) is 2. The molecule has 0 unspecified atom stereocenters. The monoisotopic (exact) mass is 500 g/mol. The second-order valence-electron chi connectivity index (χ2n) is 8.30. The Morgan fingerprint density at radius 1 is 1.10 bits per heavy atom. The summed E-state index contributed by atoms with van der Waals surface area (Å²) in [4.78, 5) is 14.4. The number of nitrogens with one attached hydrogen (secondary N) is 1. The molecule has 0 amide bonds. The molecule has 2 rings (SSSR count). The molecule has 4 atom stereocenters. The van der Waals surface area contributed by atoms with Crippen LogP contribution in [-0.4, -0.2) is 51.0 Å². The molecule has 1 aliphatic rings. The Labute approximate surface area is 190 Å². The predicted molar refractivity (Wildman–Crippen MR) is 126 cm³/mol. The average molecular weight is 501 g/mol. The number of halogens is 1. The summed E-state index contributed by atoms with van der Waals surface area (Å²) >= 11 is 3.43. The van der Waals surface area contributed by atoms with Crippen molar-refractivity contribution in [1.82, 2.24) is 9.71 Å². The fraction of sp³-hybridized carbons (Fsp3) is 0.667. The van der Waals surface area contributed by atoms with Crippen molar-refractivity contribution < 1.29 is 13.7 Å². The summed E-state index contributed by atoms with van der Waals surface area (Å²) in [6, 6.07) is 4.36. The van der Waals surface area contributed by atoms with Gasteiger partial charge in [-0.05, 0) is 68.6 Å². The highest BCUT2D eigenvalue weighted by Crippen LogP contribution is 2.28. The van der Waals surface area contributed by atoms with Gasteiger partial charge in [-0.1, -0.05) is 19.9 Å². The van der Waals surface area contributed by atoms with E-state index in [1.165, 1.54) is 0 Å². The van der Waals surface area contributed by atoms with Crippen LogP contribution in [0.1, 0.15) is 60.2 Å². The van der Waals surface area contributed by atoms with Gasteiger partial charge in [0.25, 0.3) is 0 Å². The first-order chi connectivity index (χ1) is 14.1. The Bertz CT molecular complexity index is 808. The van der Waals surface area contributed by atoms with Crippen molar-refractivity contribution in [3.8, 4) is 0 Å². The van der Waals surface area contributed by atoms with Gasteiger partial charge in [0.05, 0.1) is 40.7 Å². The molecule has 2 heterocycles. The Morgan fingerprint density at radius 3 is 2.17 bits per heavy atom. The first kappa shape index (κ1) is 24.9. The van der Waals surface area contributed by atoms with Crippen molar-refractivity contribution >= 4 is 38.7 Å². The van der Waals surface area contributed by atoms with Gasteiger partial charge >= 0.3 is 0 Å². The summed E-state index contributed by atoms with van der Waals surface area (Å²) in [6.45, 7) is 14.7. The molecule has 30 heavy (non-hydrogen) atoms. The van der Waals surface area contributed by atoms with Gasteiger partial charge in [0.1, 0.15) is 10.6 Å². The van der Waals surface area contributed by atoms with Gasteiger partial charge in [-0.25, -0.2) is 23.9 Å². The number of pyridine rings is 1. The van der Waals surface area contributed by atoms with Crippen LogP contribution in [-0.2, 0) is 20.5 Å². The number of hydrogen-bond donors (Lipinski definition) is 1. The lowest BCUT2D eigenvalue weighted by atomic mass is 9.99. The molecule has 1 aliphatic heterocycles. The number of nitrogens with zero attached hydrogens (tertiary/aromatic N) is 3. The van der Waals surface area contributed by atoms with E-state index < -0.39 is 27.8 Å². The highest BCUT2D eigenvalue weighted by atomic mass is 79.9. The zero-order valence-corrected chi connectivity index (χ0v) is 21.2. The van der Waals surface area contributed by atoms with Gasteiger partial charge in [-0.2, -0.15) is 0 Å². The van der Waals surface area contributed by atoms with Gasteiger partial charge in [0.2, 0.25) is 11.8 Å². The van der Waals surface area contributed by atoms with Gasteiger partial charge < -0.3 is 9.47 Å². The van der Waals surface area contributed by atoms with Crippen LogP contribution in [0.3, 0.4) is 0 Å². The van der Waals surface area contributed by atoms with Crippen molar-refractivity contribution in [2.45, 2.75) is 71.3 Å². The molecule has 0 radical (unpaired) electrons. The highest BCUT2D eigenvalue weighted by Gasteiger charge is 2.39. The van der Waals surface area contributed by atoms with E-state index in [2.05, 4.69) is 39.5 Å². The molecule has 1 N–H and O–H groups in total. The average Bonchev–Trinajstić information content (AvgIpc) is 2.66. The summed E-state index contributed by atoms with van der Waals surface area (Å²) in [5.41, 5.74) is 0.696. The maximum absolute atomic E-state index is 13.0. The number of rotatable bonds is 7. The summed E-state index contributed by atoms with van der Waals surface area (Å²) < 4.78 is 28.2. The van der Waals surface area contributed by atoms with Crippen LogP contribution >= 0.6 is 15.9 Å². The minimum atomic E-state index is -1.35. The van der Waals surface area contributed by atoms with Gasteiger partial charge in [-0.3, -0.25) is 0 Å². The molecule has 0 aliphatic carbocycles. The lowest BCUT2D eigenvalue weighted by Crippen LogP contribution is -2.47. The summed E-state index contributed by atoms with van der Waals surface area (Å²) in [5, 5.41) is 0. The third kappa shape index (κ3) is 6.34. The smallest absolute Gasteiger partial charge is 0.211 e. The molecule has 168 valence electrons. The zero-order chi connectivity index (χ0) is 22.5. The highest BCUT2D eigenvalue weighted by molar-refractivity contribution is 9.10. The van der Waals surface area contributed by atoms with E-state index in [4.69, 9.17) is 19.5 Å². The normalized spacial score (nSPS) is 21.6. The first-order valence-electron chi connectivity index (χ1n) is 10.3. The van der Waals surface area contributed by atoms with Crippen molar-refractivity contribution in [2.24, 2.45) is 15.9 Å². The summed E-state index contributed by atoms with van der Waals surface area (Å²) in [7, 11) is -1.35. The standard InChI is InChI=1S/C21H33BrN4O3S/c1-8-28-19-16(13(3)4)24-20(29-9-2)18(25-19)17(26-30(27)21(5,6)7)14-11-10-12-15(22)23-14/h10-13,16-18,26H,8-9H2,1-7H3/t16-,17+,18+,30+/m1/s1. The molecular weight excluding hydrogens is 468 g/mol. The Kier molecular flexibility index (Phi) is 8.99. The van der Waals surface area contributed by atoms with E-state index in [-0.39, 0.29) is 12.0 Å². The lowest BCUT2D eigenvalue weighted by Gasteiger charge is -2.33. The number of aliphatic imine (C=N–C) groups is 2. The molecule has 0 spiro atoms. The molecule has 0 saturated carbocycles. The van der Waals surface area contributed by atoms with E-state index in [1.54, 1.807) is 0 Å². The molecule has 9 heteroatoms. The van der Waals surface area contributed by atoms with E-state index in [1.807, 2.05) is 52.8 Å². The van der Waals surface area contributed by atoms with Crippen LogP contribution in [0.5, 0.6) is 0 Å². The molecule has 0 bridgehead atoms. The molecule has 1 aromatic heterocycles. The minimum Gasteiger partial charge on any atom is -0.480 e. The van der Waals surface area contributed by atoms with Crippen LogP contribution < -0.4 is 4.72 Å². The quantitative estimate of drug-likeness (QED) is 0.568. The molecule has 0 saturated heterocycles. The Balaban J connectivity index is 2.57. The first-order valence-corrected chi connectivity index (χ1v) is 12.2. The third-order valence-corrected chi connectivity index (χ3v) is 6.44. The molecular formula is C21H33BrN4O3S. The van der Waals surface area contributed by atoms with Crippen LogP contribution in [0, 0.1) is 5.92 Å². The largest absolute Gasteiger partial charge is 0.480 e. The predicted octanol–water partition coefficient (Wildman–Crippen LogP) is 4.21. The second-order valence-corrected chi connectivity index (χ2v) is 11.1. The van der Waals surface area contributed by atoms with Crippen LogP contribution in [0.4, 0.5) is 0 Å². The molecule has 7 nitrogen and oxygen atoms in total. The van der Waals surface area contributed by atoms with Crippen LogP contribution in [0.2, 0.25) is 0 Å². The third-order valence-electron chi connectivity index (χ3n) is 4.42. The second kappa shape index (κ2) is 10.8. The van der Waals surface area contributed by atoms with Crippen molar-refractivity contribution in [2.75, 3.05) is 13.2 Å². The number of hydrogen-bond acceptors (Lipinski definition) is 6. The van der Waals surface area contributed by atoms with Crippen molar-refractivity contribution in [3.05, 3.63) is 28.5 Å². The number of aromatic nitrogens is 1. The van der Waals surface area contributed by atoms with Gasteiger partial charge in [0.15, 0.2) is 6.04 Å². The van der Waals surface area contributed by atoms with Crippen molar-refractivity contribution in [3.63, 3.8) is 0 Å². The molecule has 1 aromatic rings. The van der Waals surface area contributed by atoms with Gasteiger partial charge in [-0.15, -0.1) is 0 Å². The minimum absolute atomic E-state index is 0.200. The zero-order valence-electron chi connectivity index (χ0n) is 18.8. The van der Waals surface area contributed by atoms with Crippen LogP contribution in [0.25, 0.3) is 0 Å². The topological polar surface area (TPSA) is 85.2 Å². The van der Waals surface area contributed by atoms with Crippen molar-refractivity contribution in [1.29, 1.82) is 0 Å². The fourth-order valence-electron chi connectivity index (χ4n) is 2.91. The summed E-state index contributed by atoms with van der Waals surface area (Å²) in [6.07, 6.45) is 0. The van der Waals surface area contributed by atoms with E-state index in [9.17, 15) is 4.21 Å². The summed E-state index contributed by atoms with van der Waals surface area (Å²) in [5.74, 6) is 1.28. The van der Waals surface area contributed by atoms with E-state index in [0.717, 1.165) is 0 Å². The van der Waals surface area contributed by atoms with E-state index >= 15 is 0 Å². The lowest BCUT2D eigenvalue weighted by molar-refractivity contribution is 0.270. The van der Waals surface area contributed by atoms with E-state index in [0.29, 0.717) is 35.3 Å². The molecule has 0 aromatic carbocycles. The van der Waals surface area contributed by atoms with Crippen LogP contribution in [0.15, 0.2) is 32.8 Å².